The molecule has 2 saturated heterocycles. The van der Waals surface area contributed by atoms with Crippen molar-refractivity contribution in [2.24, 2.45) is 10.8 Å². The Balaban J connectivity index is 1.54. The molecule has 0 unspecified atom stereocenters. The lowest BCUT2D eigenvalue weighted by Crippen LogP contribution is -2.48. The molecule has 1 aromatic carbocycles. The van der Waals surface area contributed by atoms with Crippen LogP contribution >= 0.6 is 0 Å². The van der Waals surface area contributed by atoms with E-state index in [1.54, 1.807) is 4.90 Å². The number of carbonyl (C=O) groups excluding carboxylic acids is 2. The summed E-state index contributed by atoms with van der Waals surface area (Å²) >= 11 is 0. The highest BCUT2D eigenvalue weighted by molar-refractivity contribution is 5.89. The summed E-state index contributed by atoms with van der Waals surface area (Å²) in [5, 5.41) is 2.69. The van der Waals surface area contributed by atoms with E-state index in [0.717, 1.165) is 37.8 Å². The number of halogens is 3. The van der Waals surface area contributed by atoms with Gasteiger partial charge in [0, 0.05) is 37.3 Å². The molecule has 2 aliphatic rings. The van der Waals surface area contributed by atoms with Crippen LogP contribution < -0.4 is 5.32 Å². The number of amides is 3. The summed E-state index contributed by atoms with van der Waals surface area (Å²) in [5.74, 6) is 0.190. The molecule has 1 aromatic rings. The van der Waals surface area contributed by atoms with Crippen molar-refractivity contribution in [1.82, 2.24) is 9.80 Å². The third-order valence-corrected chi connectivity index (χ3v) is 6.76. The van der Waals surface area contributed by atoms with Gasteiger partial charge >= 0.3 is 12.2 Å². The zero-order valence-electron chi connectivity index (χ0n) is 17.8. The molecule has 5 nitrogen and oxygen atoms in total. The van der Waals surface area contributed by atoms with Crippen LogP contribution in [0.5, 0.6) is 0 Å². The quantitative estimate of drug-likeness (QED) is 0.742. The van der Waals surface area contributed by atoms with Gasteiger partial charge in [0.25, 0.3) is 0 Å². The van der Waals surface area contributed by atoms with Crippen LogP contribution in [-0.4, -0.2) is 47.9 Å². The first-order valence-corrected chi connectivity index (χ1v) is 10.5. The summed E-state index contributed by atoms with van der Waals surface area (Å²) in [5.41, 5.74) is -0.734. The van der Waals surface area contributed by atoms with E-state index in [9.17, 15) is 22.8 Å². The second kappa shape index (κ2) is 8.12. The second-order valence-corrected chi connectivity index (χ2v) is 9.21. The van der Waals surface area contributed by atoms with Crippen molar-refractivity contribution in [3.8, 4) is 0 Å². The van der Waals surface area contributed by atoms with Gasteiger partial charge in [0.1, 0.15) is 0 Å². The van der Waals surface area contributed by atoms with Crippen molar-refractivity contribution in [2.45, 2.75) is 52.6 Å². The van der Waals surface area contributed by atoms with Crippen LogP contribution in [0.3, 0.4) is 0 Å². The number of hydrogen-bond donors (Lipinski definition) is 1. The normalized spacial score (nSPS) is 19.3. The minimum Gasteiger partial charge on any atom is -0.342 e. The van der Waals surface area contributed by atoms with Crippen LogP contribution in [0.15, 0.2) is 24.3 Å². The van der Waals surface area contributed by atoms with E-state index in [2.05, 4.69) is 5.32 Å². The average Bonchev–Trinajstić information content (AvgIpc) is 3.11. The molecule has 0 bridgehead atoms. The van der Waals surface area contributed by atoms with Crippen molar-refractivity contribution in [2.75, 3.05) is 31.5 Å². The van der Waals surface area contributed by atoms with E-state index in [0.29, 0.717) is 31.9 Å². The number of rotatable bonds is 3. The second-order valence-electron chi connectivity index (χ2n) is 9.21. The monoisotopic (exact) mass is 425 g/mol. The van der Waals surface area contributed by atoms with Gasteiger partial charge in [-0.05, 0) is 55.4 Å². The lowest BCUT2D eigenvalue weighted by molar-refractivity contribution is -0.143. The summed E-state index contributed by atoms with van der Waals surface area (Å²) in [6, 6.07) is 4.17. The predicted octanol–water partition coefficient (Wildman–Crippen LogP) is 4.99. The molecule has 0 atom stereocenters. The first kappa shape index (κ1) is 22.4. The molecule has 0 radical (unpaired) electrons. The number of piperidine rings is 1. The van der Waals surface area contributed by atoms with Gasteiger partial charge < -0.3 is 15.1 Å². The molecular formula is C22H30F3N3O2. The van der Waals surface area contributed by atoms with Gasteiger partial charge in [-0.25, -0.2) is 4.79 Å². The third kappa shape index (κ3) is 4.73. The van der Waals surface area contributed by atoms with E-state index < -0.39 is 11.7 Å². The van der Waals surface area contributed by atoms with Crippen molar-refractivity contribution in [3.63, 3.8) is 0 Å². The van der Waals surface area contributed by atoms with Gasteiger partial charge in [0.2, 0.25) is 5.91 Å². The predicted molar refractivity (Wildman–Crippen MR) is 109 cm³/mol. The summed E-state index contributed by atoms with van der Waals surface area (Å²) in [4.78, 5) is 29.0. The summed E-state index contributed by atoms with van der Waals surface area (Å²) in [6.45, 7) is 8.60. The van der Waals surface area contributed by atoms with E-state index in [1.165, 1.54) is 12.1 Å². The Hall–Kier alpha value is -2.25. The zero-order valence-corrected chi connectivity index (χ0v) is 17.8. The maximum absolute atomic E-state index is 12.7. The molecule has 1 N–H and O–H groups in total. The molecule has 1 spiro atoms. The van der Waals surface area contributed by atoms with Crippen molar-refractivity contribution >= 4 is 17.6 Å². The van der Waals surface area contributed by atoms with E-state index in [4.69, 9.17) is 0 Å². The summed E-state index contributed by atoms with van der Waals surface area (Å²) < 4.78 is 38.0. The molecule has 0 aromatic heterocycles. The third-order valence-electron chi connectivity index (χ3n) is 6.76. The lowest BCUT2D eigenvalue weighted by Gasteiger charge is -2.41. The molecule has 166 valence electrons. The van der Waals surface area contributed by atoms with Crippen LogP contribution in [-0.2, 0) is 11.0 Å². The average molecular weight is 425 g/mol. The van der Waals surface area contributed by atoms with Crippen LogP contribution in [0.4, 0.5) is 23.7 Å². The SMILES string of the molecule is CCC(C)(C)C(=O)N1CCC2(CCN(C(=O)Nc3ccc(C(F)(F)F)cc3)C2)CC1. The number of urea groups is 1. The number of carbonyl (C=O) groups is 2. The van der Waals surface area contributed by atoms with Crippen LogP contribution in [0.25, 0.3) is 0 Å². The smallest absolute Gasteiger partial charge is 0.342 e. The molecule has 2 fully saturated rings. The molecule has 2 aliphatic heterocycles. The number of nitrogens with zero attached hydrogens (tertiary/aromatic N) is 2. The Labute approximate surface area is 175 Å². The fourth-order valence-electron chi connectivity index (χ4n) is 4.23. The number of anilines is 1. The minimum absolute atomic E-state index is 0.0185. The van der Waals surface area contributed by atoms with E-state index in [-0.39, 0.29) is 22.8 Å². The van der Waals surface area contributed by atoms with Crippen molar-refractivity contribution in [3.05, 3.63) is 29.8 Å². The Morgan fingerprint density at radius 3 is 2.03 bits per heavy atom. The van der Waals surface area contributed by atoms with Gasteiger partial charge in [-0.15, -0.1) is 0 Å². The van der Waals surface area contributed by atoms with Gasteiger partial charge in [-0.2, -0.15) is 13.2 Å². The molecular weight excluding hydrogens is 395 g/mol. The highest BCUT2D eigenvalue weighted by Gasteiger charge is 2.44. The zero-order chi connectivity index (χ0) is 22.2. The van der Waals surface area contributed by atoms with Gasteiger partial charge in [-0.1, -0.05) is 20.8 Å². The fraction of sp³-hybridized carbons (Fsp3) is 0.636. The minimum atomic E-state index is -4.40. The van der Waals surface area contributed by atoms with Gasteiger partial charge in [-0.3, -0.25) is 4.79 Å². The number of nitrogens with one attached hydrogen (secondary N) is 1. The first-order valence-electron chi connectivity index (χ1n) is 10.5. The maximum atomic E-state index is 12.7. The standard InChI is InChI=1S/C22H30F3N3O2/c1-4-20(2,3)18(29)27-12-9-21(10-13-27)11-14-28(15-21)19(30)26-17-7-5-16(6-8-17)22(23,24)25/h5-8H,4,9-15H2,1-3H3,(H,26,30). The molecule has 30 heavy (non-hydrogen) atoms. The highest BCUT2D eigenvalue weighted by atomic mass is 19.4. The van der Waals surface area contributed by atoms with Gasteiger partial charge in [0.05, 0.1) is 5.56 Å². The largest absolute Gasteiger partial charge is 0.416 e. The number of benzene rings is 1. The van der Waals surface area contributed by atoms with Crippen LogP contribution in [0, 0.1) is 10.8 Å². The topological polar surface area (TPSA) is 52.7 Å². The number of alkyl halides is 3. The maximum Gasteiger partial charge on any atom is 0.416 e. The Kier molecular flexibility index (Phi) is 6.07. The number of likely N-dealkylation sites (tertiary alicyclic amines) is 2. The molecule has 3 amide bonds. The molecule has 0 aliphatic carbocycles. The molecule has 8 heteroatoms. The molecule has 3 rings (SSSR count). The lowest BCUT2D eigenvalue weighted by atomic mass is 9.77. The Bertz CT molecular complexity index is 782. The van der Waals surface area contributed by atoms with E-state index in [1.807, 2.05) is 25.7 Å². The van der Waals surface area contributed by atoms with Crippen LogP contribution in [0.2, 0.25) is 0 Å². The van der Waals surface area contributed by atoms with E-state index >= 15 is 0 Å². The van der Waals surface area contributed by atoms with Gasteiger partial charge in [0.15, 0.2) is 0 Å². The summed E-state index contributed by atoms with van der Waals surface area (Å²) in [6.07, 6.45) is -0.990. The molecule has 0 saturated carbocycles. The first-order chi connectivity index (χ1) is 14.0. The summed E-state index contributed by atoms with van der Waals surface area (Å²) in [7, 11) is 0. The van der Waals surface area contributed by atoms with Crippen molar-refractivity contribution < 1.29 is 22.8 Å². The number of hydrogen-bond acceptors (Lipinski definition) is 2. The highest BCUT2D eigenvalue weighted by Crippen LogP contribution is 2.41. The van der Waals surface area contributed by atoms with Crippen LogP contribution in [0.1, 0.15) is 52.0 Å². The Morgan fingerprint density at radius 2 is 1.53 bits per heavy atom. The molecule has 2 heterocycles. The fourth-order valence-corrected chi connectivity index (χ4v) is 4.23. The Morgan fingerprint density at radius 1 is 1.00 bits per heavy atom. The van der Waals surface area contributed by atoms with Crippen molar-refractivity contribution in [1.29, 1.82) is 0 Å².